The lowest BCUT2D eigenvalue weighted by molar-refractivity contribution is 0.143. The van der Waals surface area contributed by atoms with Crippen LogP contribution < -0.4 is 0 Å². The zero-order valence-corrected chi connectivity index (χ0v) is 8.84. The van der Waals surface area contributed by atoms with Crippen molar-refractivity contribution in [1.82, 2.24) is 4.90 Å². The summed E-state index contributed by atoms with van der Waals surface area (Å²) in [5.41, 5.74) is 0.382. The van der Waals surface area contributed by atoms with Gasteiger partial charge in [0, 0.05) is 19.6 Å². The first-order valence-electron chi connectivity index (χ1n) is 4.81. The molecule has 0 aromatic carbocycles. The van der Waals surface area contributed by atoms with Gasteiger partial charge in [0.15, 0.2) is 0 Å². The Morgan fingerprint density at radius 3 is 2.00 bits per heavy atom. The smallest absolute Gasteiger partial charge is 0.0558 e. The van der Waals surface area contributed by atoms with Crippen molar-refractivity contribution >= 4 is 12.6 Å². The average molecular weight is 205 g/mol. The fourth-order valence-electron chi connectivity index (χ4n) is 1.57. The van der Waals surface area contributed by atoms with Gasteiger partial charge in [-0.1, -0.05) is 0 Å². The highest BCUT2D eigenvalue weighted by molar-refractivity contribution is 7.80. The van der Waals surface area contributed by atoms with Crippen LogP contribution in [-0.4, -0.2) is 53.7 Å². The predicted octanol–water partition coefficient (Wildman–Crippen LogP) is -0.0170. The molecule has 1 saturated carbocycles. The molecule has 4 heteroatoms. The van der Waals surface area contributed by atoms with Crippen LogP contribution in [0.4, 0.5) is 0 Å². The molecule has 1 aliphatic carbocycles. The van der Waals surface area contributed by atoms with Crippen molar-refractivity contribution in [3.8, 4) is 0 Å². The summed E-state index contributed by atoms with van der Waals surface area (Å²) in [6.45, 7) is 2.63. The minimum Gasteiger partial charge on any atom is -0.395 e. The van der Waals surface area contributed by atoms with Crippen LogP contribution in [0.25, 0.3) is 0 Å². The van der Waals surface area contributed by atoms with E-state index in [0.717, 1.165) is 12.3 Å². The van der Waals surface area contributed by atoms with E-state index in [1.807, 2.05) is 0 Å². The van der Waals surface area contributed by atoms with Crippen molar-refractivity contribution in [2.45, 2.75) is 12.8 Å². The van der Waals surface area contributed by atoms with Crippen LogP contribution in [0.1, 0.15) is 12.8 Å². The Hall–Kier alpha value is 0.230. The summed E-state index contributed by atoms with van der Waals surface area (Å²) in [5.74, 6) is 0.917. The van der Waals surface area contributed by atoms with Crippen molar-refractivity contribution in [1.29, 1.82) is 0 Å². The van der Waals surface area contributed by atoms with Gasteiger partial charge in [-0.2, -0.15) is 12.6 Å². The van der Waals surface area contributed by atoms with E-state index in [1.165, 1.54) is 12.8 Å². The van der Waals surface area contributed by atoms with Gasteiger partial charge in [-0.05, 0) is 24.0 Å². The second-order valence-electron chi connectivity index (χ2n) is 3.88. The van der Waals surface area contributed by atoms with Gasteiger partial charge in [0.25, 0.3) is 0 Å². The molecule has 13 heavy (non-hydrogen) atoms. The molecule has 0 amide bonds. The maximum atomic E-state index is 8.81. The first kappa shape index (κ1) is 11.3. The van der Waals surface area contributed by atoms with Gasteiger partial charge in [0.2, 0.25) is 0 Å². The fourth-order valence-corrected chi connectivity index (χ4v) is 1.99. The van der Waals surface area contributed by atoms with Crippen molar-refractivity contribution in [3.63, 3.8) is 0 Å². The Bertz CT molecular complexity index is 145. The summed E-state index contributed by atoms with van der Waals surface area (Å²) >= 11 is 4.32. The lowest BCUT2D eigenvalue weighted by Gasteiger charge is -2.25. The zero-order chi connectivity index (χ0) is 9.73. The highest BCUT2D eigenvalue weighted by Crippen LogP contribution is 2.46. The van der Waals surface area contributed by atoms with E-state index in [-0.39, 0.29) is 13.2 Å². The molecule has 0 bridgehead atoms. The van der Waals surface area contributed by atoms with Gasteiger partial charge >= 0.3 is 0 Å². The Morgan fingerprint density at radius 2 is 1.69 bits per heavy atom. The molecular formula is C9H19NO2S. The molecule has 1 aliphatic rings. The highest BCUT2D eigenvalue weighted by Gasteiger charge is 2.42. The summed E-state index contributed by atoms with van der Waals surface area (Å²) in [5, 5.41) is 17.6. The summed E-state index contributed by atoms with van der Waals surface area (Å²) in [7, 11) is 0. The molecule has 0 aliphatic heterocycles. The zero-order valence-electron chi connectivity index (χ0n) is 7.95. The van der Waals surface area contributed by atoms with Crippen LogP contribution in [-0.2, 0) is 0 Å². The lowest BCUT2D eigenvalue weighted by atomic mass is 10.1. The molecule has 2 N–H and O–H groups in total. The number of hydrogen-bond donors (Lipinski definition) is 3. The molecule has 1 rings (SSSR count). The van der Waals surface area contributed by atoms with E-state index in [4.69, 9.17) is 10.2 Å². The Labute approximate surface area is 85.2 Å². The van der Waals surface area contributed by atoms with Crippen LogP contribution in [0.3, 0.4) is 0 Å². The molecule has 0 saturated heterocycles. The molecule has 0 radical (unpaired) electrons. The number of hydrogen-bond acceptors (Lipinski definition) is 4. The van der Waals surface area contributed by atoms with E-state index in [2.05, 4.69) is 17.5 Å². The maximum Gasteiger partial charge on any atom is 0.0558 e. The SMILES string of the molecule is OCCN(CCO)CC1(CS)CC1. The van der Waals surface area contributed by atoms with E-state index in [1.54, 1.807) is 0 Å². The largest absolute Gasteiger partial charge is 0.395 e. The second kappa shape index (κ2) is 5.20. The quantitative estimate of drug-likeness (QED) is 0.512. The van der Waals surface area contributed by atoms with Gasteiger partial charge < -0.3 is 10.2 Å². The first-order chi connectivity index (χ1) is 6.26. The van der Waals surface area contributed by atoms with E-state index in [0.29, 0.717) is 18.5 Å². The van der Waals surface area contributed by atoms with E-state index < -0.39 is 0 Å². The van der Waals surface area contributed by atoms with Crippen molar-refractivity contribution in [2.24, 2.45) is 5.41 Å². The fraction of sp³-hybridized carbons (Fsp3) is 1.00. The summed E-state index contributed by atoms with van der Waals surface area (Å²) in [6, 6.07) is 0. The predicted molar refractivity (Wildman–Crippen MR) is 56.1 cm³/mol. The second-order valence-corrected chi connectivity index (χ2v) is 4.20. The average Bonchev–Trinajstić information content (AvgIpc) is 2.87. The van der Waals surface area contributed by atoms with Gasteiger partial charge in [-0.25, -0.2) is 0 Å². The van der Waals surface area contributed by atoms with Crippen LogP contribution in [0.15, 0.2) is 0 Å². The van der Waals surface area contributed by atoms with Crippen LogP contribution in [0.5, 0.6) is 0 Å². The minimum absolute atomic E-state index is 0.169. The van der Waals surface area contributed by atoms with Crippen molar-refractivity contribution in [2.75, 3.05) is 38.6 Å². The molecule has 78 valence electrons. The standard InChI is InChI=1S/C9H19NO2S/c11-5-3-10(4-6-12)7-9(8-13)1-2-9/h11-13H,1-8H2. The van der Waals surface area contributed by atoms with Gasteiger partial charge in [-0.3, -0.25) is 4.90 Å². The number of nitrogens with zero attached hydrogens (tertiary/aromatic N) is 1. The third-order valence-electron chi connectivity index (χ3n) is 2.68. The molecule has 3 nitrogen and oxygen atoms in total. The van der Waals surface area contributed by atoms with Crippen LogP contribution >= 0.6 is 12.6 Å². The number of thiol groups is 1. The minimum atomic E-state index is 0.169. The molecule has 0 aromatic heterocycles. The van der Waals surface area contributed by atoms with Crippen LogP contribution in [0.2, 0.25) is 0 Å². The number of rotatable bonds is 7. The molecule has 0 aromatic rings. The normalized spacial score (nSPS) is 19.4. The molecule has 0 spiro atoms. The van der Waals surface area contributed by atoms with E-state index in [9.17, 15) is 0 Å². The Balaban J connectivity index is 2.28. The number of aliphatic hydroxyl groups excluding tert-OH is 2. The summed E-state index contributed by atoms with van der Waals surface area (Å²) < 4.78 is 0. The Kier molecular flexibility index (Phi) is 4.52. The van der Waals surface area contributed by atoms with Gasteiger partial charge in [0.1, 0.15) is 0 Å². The topological polar surface area (TPSA) is 43.7 Å². The summed E-state index contributed by atoms with van der Waals surface area (Å²) in [4.78, 5) is 2.11. The van der Waals surface area contributed by atoms with Gasteiger partial charge in [-0.15, -0.1) is 0 Å². The molecular weight excluding hydrogens is 186 g/mol. The lowest BCUT2D eigenvalue weighted by Crippen LogP contribution is -2.35. The number of aliphatic hydroxyl groups is 2. The van der Waals surface area contributed by atoms with Gasteiger partial charge in [0.05, 0.1) is 13.2 Å². The van der Waals surface area contributed by atoms with Crippen molar-refractivity contribution < 1.29 is 10.2 Å². The first-order valence-corrected chi connectivity index (χ1v) is 5.44. The van der Waals surface area contributed by atoms with E-state index >= 15 is 0 Å². The molecule has 0 unspecified atom stereocenters. The third-order valence-corrected chi connectivity index (χ3v) is 3.35. The van der Waals surface area contributed by atoms with Crippen molar-refractivity contribution in [3.05, 3.63) is 0 Å². The molecule has 1 fully saturated rings. The highest BCUT2D eigenvalue weighted by atomic mass is 32.1. The molecule has 0 heterocycles. The monoisotopic (exact) mass is 205 g/mol. The molecule has 0 atom stereocenters. The summed E-state index contributed by atoms with van der Waals surface area (Å²) in [6.07, 6.45) is 2.48. The third kappa shape index (κ3) is 3.46. The maximum absolute atomic E-state index is 8.81. The van der Waals surface area contributed by atoms with Crippen LogP contribution in [0, 0.1) is 5.41 Å². The Morgan fingerprint density at radius 1 is 1.15 bits per heavy atom.